The minimum absolute atomic E-state index is 0.328. The lowest BCUT2D eigenvalue weighted by Gasteiger charge is -2.02. The molecule has 5 rings (SSSR count). The van der Waals surface area contributed by atoms with E-state index in [1.54, 1.807) is 6.07 Å². The molecule has 0 radical (unpaired) electrons. The smallest absolute Gasteiger partial charge is 0.327 e. The molecule has 0 aliphatic heterocycles. The van der Waals surface area contributed by atoms with Gasteiger partial charge in [-0.2, -0.15) is 0 Å². The van der Waals surface area contributed by atoms with Crippen LogP contribution in [0.4, 0.5) is 0 Å². The molecule has 3 nitrogen and oxygen atoms in total. The van der Waals surface area contributed by atoms with Gasteiger partial charge in [-0.25, -0.2) is 4.79 Å². The van der Waals surface area contributed by atoms with Crippen molar-refractivity contribution in [3.63, 3.8) is 0 Å². The van der Waals surface area contributed by atoms with Crippen LogP contribution in [0.2, 0.25) is 0 Å². The van der Waals surface area contributed by atoms with Crippen molar-refractivity contribution < 1.29 is 15.0 Å². The molecular formula is C28H24O3. The van der Waals surface area contributed by atoms with Gasteiger partial charge in [-0.1, -0.05) is 104 Å². The van der Waals surface area contributed by atoms with Crippen molar-refractivity contribution in [2.24, 2.45) is 0 Å². The number of benzene rings is 4. The summed E-state index contributed by atoms with van der Waals surface area (Å²) in [6, 6.07) is 34.5. The largest absolute Gasteiger partial charge is 0.507 e. The predicted octanol–water partition coefficient (Wildman–Crippen LogP) is 6.57. The quantitative estimate of drug-likeness (QED) is 0.325. The van der Waals surface area contributed by atoms with Gasteiger partial charge in [0.1, 0.15) is 5.75 Å². The Bertz CT molecular complexity index is 1110. The number of carbonyl (C=O) groups is 1. The van der Waals surface area contributed by atoms with E-state index in [2.05, 4.69) is 55.1 Å². The number of aliphatic carboxylic acids is 1. The Morgan fingerprint density at radius 2 is 1.10 bits per heavy atom. The van der Waals surface area contributed by atoms with Crippen LogP contribution in [0.5, 0.6) is 5.75 Å². The van der Waals surface area contributed by atoms with Gasteiger partial charge in [0.05, 0.1) is 0 Å². The Balaban J connectivity index is 0.000000146. The number of para-hydroxylation sites is 1. The number of fused-ring (bicyclic) bond motifs is 3. The number of aromatic hydroxyl groups is 1. The number of hydrogen-bond acceptors (Lipinski definition) is 2. The van der Waals surface area contributed by atoms with Crippen molar-refractivity contribution >= 4 is 5.97 Å². The highest BCUT2D eigenvalue weighted by molar-refractivity contribution is 5.79. The highest BCUT2D eigenvalue weighted by atomic mass is 16.4. The molecule has 4 aromatic carbocycles. The summed E-state index contributed by atoms with van der Waals surface area (Å²) in [4.78, 5) is 9.25. The standard InChI is InChI=1S/C13H10.C12H10O.C3H4O2/c1-3-7-12-10(5-1)9-11-6-2-4-8-13(11)12;13-12-9-5-4-8-11(12)10-6-2-1-3-7-10;1-2-3(4)5/h1-8H,9H2;1-9,13H;2H,1H2,(H,4,5). The minimum Gasteiger partial charge on any atom is -0.507 e. The Morgan fingerprint density at radius 3 is 1.58 bits per heavy atom. The number of hydrogen-bond donors (Lipinski definition) is 2. The van der Waals surface area contributed by atoms with Gasteiger partial charge in [0.25, 0.3) is 0 Å². The van der Waals surface area contributed by atoms with Gasteiger partial charge < -0.3 is 10.2 Å². The van der Waals surface area contributed by atoms with Crippen molar-refractivity contribution in [3.8, 4) is 28.0 Å². The van der Waals surface area contributed by atoms with Gasteiger partial charge in [0, 0.05) is 11.6 Å². The van der Waals surface area contributed by atoms with Crippen LogP contribution in [-0.2, 0) is 11.2 Å². The molecule has 0 aromatic heterocycles. The third-order valence-electron chi connectivity index (χ3n) is 4.87. The first-order chi connectivity index (χ1) is 15.1. The van der Waals surface area contributed by atoms with E-state index in [0.717, 1.165) is 23.6 Å². The second-order valence-electron chi connectivity index (χ2n) is 6.92. The second kappa shape index (κ2) is 10.6. The topological polar surface area (TPSA) is 57.5 Å². The van der Waals surface area contributed by atoms with E-state index in [1.807, 2.05) is 48.5 Å². The van der Waals surface area contributed by atoms with Crippen LogP contribution in [0.15, 0.2) is 116 Å². The van der Waals surface area contributed by atoms with Crippen molar-refractivity contribution in [2.75, 3.05) is 0 Å². The molecule has 0 unspecified atom stereocenters. The molecule has 0 atom stereocenters. The summed E-state index contributed by atoms with van der Waals surface area (Å²) >= 11 is 0. The zero-order valence-electron chi connectivity index (χ0n) is 17.1. The molecule has 154 valence electrons. The fourth-order valence-corrected chi connectivity index (χ4v) is 3.42. The lowest BCUT2D eigenvalue weighted by molar-refractivity contribution is -0.131. The van der Waals surface area contributed by atoms with Crippen LogP contribution >= 0.6 is 0 Å². The number of rotatable bonds is 2. The second-order valence-corrected chi connectivity index (χ2v) is 6.92. The van der Waals surface area contributed by atoms with E-state index in [9.17, 15) is 9.90 Å². The lowest BCUT2D eigenvalue weighted by Crippen LogP contribution is -1.82. The molecule has 0 saturated carbocycles. The summed E-state index contributed by atoms with van der Waals surface area (Å²) in [6.07, 6.45) is 1.94. The molecular weight excluding hydrogens is 384 g/mol. The van der Waals surface area contributed by atoms with E-state index >= 15 is 0 Å². The van der Waals surface area contributed by atoms with Gasteiger partial charge in [0.2, 0.25) is 0 Å². The van der Waals surface area contributed by atoms with Crippen molar-refractivity contribution in [2.45, 2.75) is 6.42 Å². The van der Waals surface area contributed by atoms with Gasteiger partial charge in [-0.05, 0) is 40.3 Å². The number of phenolic OH excluding ortho intramolecular Hbond substituents is 1. The average molecular weight is 408 g/mol. The van der Waals surface area contributed by atoms with E-state index in [4.69, 9.17) is 5.11 Å². The van der Waals surface area contributed by atoms with Crippen LogP contribution < -0.4 is 0 Å². The highest BCUT2D eigenvalue weighted by Crippen LogP contribution is 2.35. The third-order valence-corrected chi connectivity index (χ3v) is 4.87. The summed E-state index contributed by atoms with van der Waals surface area (Å²) in [6.45, 7) is 2.96. The molecule has 2 N–H and O–H groups in total. The zero-order chi connectivity index (χ0) is 22.1. The van der Waals surface area contributed by atoms with Crippen molar-refractivity contribution in [3.05, 3.63) is 127 Å². The summed E-state index contributed by atoms with van der Waals surface area (Å²) in [5.74, 6) is -0.654. The van der Waals surface area contributed by atoms with E-state index in [-0.39, 0.29) is 0 Å². The van der Waals surface area contributed by atoms with Gasteiger partial charge in [-0.3, -0.25) is 0 Å². The first-order valence-corrected chi connectivity index (χ1v) is 9.95. The number of carboxylic acid groups (broad SMARTS) is 1. The van der Waals surface area contributed by atoms with Crippen LogP contribution in [0, 0.1) is 0 Å². The molecule has 0 heterocycles. The fourth-order valence-electron chi connectivity index (χ4n) is 3.42. The maximum Gasteiger partial charge on any atom is 0.327 e. The summed E-state index contributed by atoms with van der Waals surface area (Å²) < 4.78 is 0. The summed E-state index contributed by atoms with van der Waals surface area (Å²) in [7, 11) is 0. The highest BCUT2D eigenvalue weighted by Gasteiger charge is 2.15. The fraction of sp³-hybridized carbons (Fsp3) is 0.0357. The number of carboxylic acids is 1. The lowest BCUT2D eigenvalue weighted by atomic mass is 10.1. The Kier molecular flexibility index (Phi) is 7.39. The first kappa shape index (κ1) is 21.6. The first-order valence-electron chi connectivity index (χ1n) is 9.95. The predicted molar refractivity (Wildman–Crippen MR) is 126 cm³/mol. The molecule has 4 aromatic rings. The molecule has 1 aliphatic rings. The molecule has 31 heavy (non-hydrogen) atoms. The van der Waals surface area contributed by atoms with E-state index < -0.39 is 5.97 Å². The monoisotopic (exact) mass is 408 g/mol. The van der Waals surface area contributed by atoms with Crippen molar-refractivity contribution in [1.82, 2.24) is 0 Å². The number of phenols is 1. The van der Waals surface area contributed by atoms with Crippen molar-refractivity contribution in [1.29, 1.82) is 0 Å². The zero-order valence-corrected chi connectivity index (χ0v) is 17.1. The molecule has 0 saturated heterocycles. The van der Waals surface area contributed by atoms with Crippen LogP contribution in [0.3, 0.4) is 0 Å². The normalized spacial score (nSPS) is 10.3. The van der Waals surface area contributed by atoms with Gasteiger partial charge in [0.15, 0.2) is 0 Å². The molecule has 0 amide bonds. The summed E-state index contributed by atoms with van der Waals surface area (Å²) in [5.41, 5.74) is 7.67. The third kappa shape index (κ3) is 5.71. The Morgan fingerprint density at radius 1 is 0.677 bits per heavy atom. The van der Waals surface area contributed by atoms with Crippen LogP contribution in [0.1, 0.15) is 11.1 Å². The molecule has 0 fully saturated rings. The Labute approximate surface area is 182 Å². The Hall–Kier alpha value is -4.11. The van der Waals surface area contributed by atoms with Gasteiger partial charge in [-0.15, -0.1) is 0 Å². The van der Waals surface area contributed by atoms with Crippen LogP contribution in [-0.4, -0.2) is 16.2 Å². The summed E-state index contributed by atoms with van der Waals surface area (Å²) in [5, 5.41) is 17.2. The molecule has 0 bridgehead atoms. The van der Waals surface area contributed by atoms with Gasteiger partial charge >= 0.3 is 5.97 Å². The maximum absolute atomic E-state index is 9.56. The van der Waals surface area contributed by atoms with Crippen LogP contribution in [0.25, 0.3) is 22.3 Å². The molecule has 0 spiro atoms. The average Bonchev–Trinajstić information content (AvgIpc) is 3.19. The minimum atomic E-state index is -0.981. The molecule has 3 heteroatoms. The molecule has 1 aliphatic carbocycles. The SMILES string of the molecule is C=CC(=O)O.Oc1ccccc1-c1ccccc1.c1ccc2c(c1)Cc1ccccc1-2. The van der Waals surface area contributed by atoms with E-state index in [1.165, 1.54) is 22.3 Å². The van der Waals surface area contributed by atoms with E-state index in [0.29, 0.717) is 5.75 Å². The maximum atomic E-state index is 9.56.